The number of carboxylic acid groups (broad SMARTS) is 3. The van der Waals surface area contributed by atoms with Crippen molar-refractivity contribution in [2.24, 2.45) is 11.5 Å². The van der Waals surface area contributed by atoms with Gasteiger partial charge in [0.15, 0.2) is 0 Å². The molecule has 0 radical (unpaired) electrons. The van der Waals surface area contributed by atoms with E-state index in [-0.39, 0.29) is 30.9 Å². The van der Waals surface area contributed by atoms with Crippen LogP contribution in [0.2, 0.25) is 0 Å². The maximum absolute atomic E-state index is 12.4. The van der Waals surface area contributed by atoms with Gasteiger partial charge in [-0.05, 0) is 37.0 Å². The normalized spacial score (nSPS) is 15.6. The molecule has 0 spiro atoms. The second kappa shape index (κ2) is 18.1. The first kappa shape index (κ1) is 35.7. The van der Waals surface area contributed by atoms with Crippen LogP contribution in [0.25, 0.3) is 0 Å². The molecular formula is C22H38N2O12P2. The fourth-order valence-corrected chi connectivity index (χ4v) is 5.07. The summed E-state index contributed by atoms with van der Waals surface area (Å²) < 4.78 is 38.0. The van der Waals surface area contributed by atoms with Crippen molar-refractivity contribution in [1.29, 1.82) is 0 Å². The lowest BCUT2D eigenvalue weighted by atomic mass is 10.1. The molecule has 4 unspecified atom stereocenters. The summed E-state index contributed by atoms with van der Waals surface area (Å²) in [4.78, 5) is 40.8. The van der Waals surface area contributed by atoms with E-state index in [1.807, 2.05) is 0 Å². The molecule has 218 valence electrons. The molecule has 0 fully saturated rings. The van der Waals surface area contributed by atoms with Gasteiger partial charge in [0, 0.05) is 20.4 Å². The van der Waals surface area contributed by atoms with Gasteiger partial charge in [-0.15, -0.1) is 0 Å². The molecule has 14 nitrogen and oxygen atoms in total. The van der Waals surface area contributed by atoms with Crippen molar-refractivity contribution in [2.45, 2.75) is 57.0 Å². The Morgan fingerprint density at radius 3 is 1.97 bits per heavy atom. The third-order valence-electron chi connectivity index (χ3n) is 5.12. The van der Waals surface area contributed by atoms with Gasteiger partial charge in [0.05, 0.1) is 12.6 Å². The van der Waals surface area contributed by atoms with Gasteiger partial charge < -0.3 is 45.3 Å². The van der Waals surface area contributed by atoms with Crippen LogP contribution >= 0.6 is 15.2 Å². The Labute approximate surface area is 221 Å². The molecule has 16 heteroatoms. The van der Waals surface area contributed by atoms with E-state index in [0.29, 0.717) is 18.4 Å². The highest BCUT2D eigenvalue weighted by Crippen LogP contribution is 2.48. The van der Waals surface area contributed by atoms with Gasteiger partial charge in [0.2, 0.25) is 0 Å². The van der Waals surface area contributed by atoms with Crippen molar-refractivity contribution >= 4 is 33.1 Å². The van der Waals surface area contributed by atoms with Gasteiger partial charge in [-0.25, -0.2) is 4.57 Å². The number of benzene rings is 1. The lowest BCUT2D eigenvalue weighted by Crippen LogP contribution is -2.31. The maximum atomic E-state index is 12.4. The molecule has 0 heterocycles. The van der Waals surface area contributed by atoms with Gasteiger partial charge in [-0.3, -0.25) is 18.9 Å². The molecule has 1 rings (SSSR count). The van der Waals surface area contributed by atoms with E-state index in [9.17, 15) is 23.5 Å². The summed E-state index contributed by atoms with van der Waals surface area (Å²) in [5.74, 6) is -3.00. The molecule has 0 saturated heterocycles. The van der Waals surface area contributed by atoms with E-state index in [1.165, 1.54) is 26.4 Å². The third-order valence-corrected chi connectivity index (χ3v) is 8.42. The monoisotopic (exact) mass is 584 g/mol. The van der Waals surface area contributed by atoms with Gasteiger partial charge in [-0.2, -0.15) is 0 Å². The second-order valence-electron chi connectivity index (χ2n) is 8.25. The van der Waals surface area contributed by atoms with E-state index in [2.05, 4.69) is 4.52 Å². The van der Waals surface area contributed by atoms with Crippen molar-refractivity contribution in [2.75, 3.05) is 26.5 Å². The van der Waals surface area contributed by atoms with Crippen molar-refractivity contribution < 1.29 is 57.3 Å². The molecule has 0 amide bonds. The zero-order valence-electron chi connectivity index (χ0n) is 21.4. The highest BCUT2D eigenvalue weighted by molar-refractivity contribution is 7.54. The molecule has 1 aromatic rings. The first-order valence-electron chi connectivity index (χ1n) is 11.6. The summed E-state index contributed by atoms with van der Waals surface area (Å²) in [7, 11) is -4.53. The first-order valence-corrected chi connectivity index (χ1v) is 15.1. The molecule has 8 N–H and O–H groups in total. The quantitative estimate of drug-likeness (QED) is 0.107. The fourth-order valence-electron chi connectivity index (χ4n) is 2.89. The minimum atomic E-state index is -3.56. The molecule has 0 bridgehead atoms. The standard InChI is InChI=1S/C13H18NO7P.C9H20NO5P/c1-20-22(19,6-5-11(14)13(17)18)21-10-4-2-3-9(7-10)8-12(15)16;1-15-16(13,14)7-5-3-2-4-6-8(10)9(11)12/h2-4,7,11H,5-6,8,14H2,1H3,(H,15,16)(H,17,18);8H,2-7,10H2,1H3,(H,11,12)(H,13,14). The lowest BCUT2D eigenvalue weighted by Gasteiger charge is -2.18. The summed E-state index contributed by atoms with van der Waals surface area (Å²) in [5.41, 5.74) is 11.2. The van der Waals surface area contributed by atoms with Gasteiger partial charge >= 0.3 is 33.1 Å². The SMILES string of the molecule is COP(=O)(CCC(N)C(=O)O)Oc1cccc(CC(=O)O)c1.COP(=O)(O)CCCCCCC(N)C(=O)O. The zero-order chi connectivity index (χ0) is 29.4. The molecule has 0 aliphatic carbocycles. The predicted molar refractivity (Wildman–Crippen MR) is 139 cm³/mol. The van der Waals surface area contributed by atoms with Crippen LogP contribution in [-0.2, 0) is 39.0 Å². The molecule has 38 heavy (non-hydrogen) atoms. The Kier molecular flexibility index (Phi) is 17.0. The number of hydrogen-bond donors (Lipinski definition) is 6. The number of nitrogens with two attached hydrogens (primary N) is 2. The summed E-state index contributed by atoms with van der Waals surface area (Å²) in [6.07, 6.45) is 3.06. The summed E-state index contributed by atoms with van der Waals surface area (Å²) in [6.45, 7) is 0. The van der Waals surface area contributed by atoms with Crippen molar-refractivity contribution in [3.05, 3.63) is 29.8 Å². The van der Waals surface area contributed by atoms with Crippen LogP contribution in [-0.4, -0.2) is 76.7 Å². The Balaban J connectivity index is 0.000000761. The van der Waals surface area contributed by atoms with Crippen molar-refractivity contribution in [1.82, 2.24) is 0 Å². The molecule has 4 atom stereocenters. The van der Waals surface area contributed by atoms with E-state index >= 15 is 0 Å². The lowest BCUT2D eigenvalue weighted by molar-refractivity contribution is -0.139. The zero-order valence-corrected chi connectivity index (χ0v) is 23.2. The second-order valence-corrected chi connectivity index (χ2v) is 12.6. The predicted octanol–water partition coefficient (Wildman–Crippen LogP) is 2.51. The average molecular weight is 584 g/mol. The number of aliphatic carboxylic acids is 3. The van der Waals surface area contributed by atoms with Gasteiger partial charge in [0.25, 0.3) is 0 Å². The molecule has 0 saturated carbocycles. The van der Waals surface area contributed by atoms with E-state index in [4.69, 9.17) is 40.7 Å². The summed E-state index contributed by atoms with van der Waals surface area (Å²) in [6, 6.07) is 4.15. The van der Waals surface area contributed by atoms with E-state index < -0.39 is 45.2 Å². The molecular weight excluding hydrogens is 546 g/mol. The number of rotatable bonds is 18. The third kappa shape index (κ3) is 16.5. The largest absolute Gasteiger partial charge is 0.481 e. The molecule has 0 aliphatic heterocycles. The van der Waals surface area contributed by atoms with Crippen molar-refractivity contribution in [3.8, 4) is 5.75 Å². The minimum absolute atomic E-state index is 0.0741. The van der Waals surface area contributed by atoms with Crippen molar-refractivity contribution in [3.63, 3.8) is 0 Å². The van der Waals surface area contributed by atoms with Crippen LogP contribution in [0, 0.1) is 0 Å². The van der Waals surface area contributed by atoms with Crippen LogP contribution in [0.4, 0.5) is 0 Å². The van der Waals surface area contributed by atoms with E-state index in [0.717, 1.165) is 19.3 Å². The number of carboxylic acids is 3. The van der Waals surface area contributed by atoms with Crippen LogP contribution in [0.5, 0.6) is 5.75 Å². The molecule has 1 aromatic carbocycles. The van der Waals surface area contributed by atoms with Gasteiger partial charge in [-0.1, -0.05) is 31.4 Å². The van der Waals surface area contributed by atoms with Crippen LogP contribution in [0.3, 0.4) is 0 Å². The van der Waals surface area contributed by atoms with E-state index in [1.54, 1.807) is 12.1 Å². The smallest absolute Gasteiger partial charge is 0.378 e. The van der Waals surface area contributed by atoms with Crippen LogP contribution in [0.15, 0.2) is 24.3 Å². The minimum Gasteiger partial charge on any atom is -0.481 e. The van der Waals surface area contributed by atoms with Crippen LogP contribution < -0.4 is 16.0 Å². The fraction of sp³-hybridized carbons (Fsp3) is 0.591. The Bertz CT molecular complexity index is 991. The first-order chi connectivity index (χ1) is 17.6. The molecule has 0 aromatic heterocycles. The Hall–Kier alpha value is -2.31. The Morgan fingerprint density at radius 1 is 0.868 bits per heavy atom. The summed E-state index contributed by atoms with van der Waals surface area (Å²) in [5, 5.41) is 26.0. The maximum Gasteiger partial charge on any atom is 0.378 e. The van der Waals surface area contributed by atoms with Crippen LogP contribution in [0.1, 0.15) is 44.1 Å². The average Bonchev–Trinajstić information content (AvgIpc) is 2.84. The topological polar surface area (TPSA) is 246 Å². The number of carbonyl (C=O) groups is 3. The highest BCUT2D eigenvalue weighted by Gasteiger charge is 2.27. The molecule has 0 aliphatic rings. The Morgan fingerprint density at radius 2 is 1.45 bits per heavy atom. The number of unbranched alkanes of at least 4 members (excludes halogenated alkanes) is 3. The van der Waals surface area contributed by atoms with Gasteiger partial charge in [0.1, 0.15) is 17.8 Å². The summed E-state index contributed by atoms with van der Waals surface area (Å²) >= 11 is 0. The number of hydrogen-bond acceptors (Lipinski definition) is 10. The highest BCUT2D eigenvalue weighted by atomic mass is 31.2.